The molecule has 1 unspecified atom stereocenters. The standard InChI is InChI=1S/C20H20F2N2O2/c21-15-5-1-13(2-6-15)17(14-3-7-16(22)8-4-14)11-12-23-20(26)18-9-10-19(25)24-18/h1-8,17-18H,9-12H2,(H,23,26)(H,24,25). The summed E-state index contributed by atoms with van der Waals surface area (Å²) in [5.41, 5.74) is 1.78. The molecule has 1 aliphatic heterocycles. The van der Waals surface area contributed by atoms with Gasteiger partial charge in [-0.2, -0.15) is 0 Å². The molecule has 4 nitrogen and oxygen atoms in total. The average molecular weight is 358 g/mol. The van der Waals surface area contributed by atoms with Crippen LogP contribution in [0.5, 0.6) is 0 Å². The quantitative estimate of drug-likeness (QED) is 0.834. The van der Waals surface area contributed by atoms with Crippen LogP contribution in [0.1, 0.15) is 36.3 Å². The molecule has 136 valence electrons. The van der Waals surface area contributed by atoms with Crippen molar-refractivity contribution in [3.05, 3.63) is 71.3 Å². The summed E-state index contributed by atoms with van der Waals surface area (Å²) in [6, 6.07) is 11.9. The van der Waals surface area contributed by atoms with Crippen molar-refractivity contribution in [2.45, 2.75) is 31.2 Å². The van der Waals surface area contributed by atoms with E-state index in [1.54, 1.807) is 24.3 Å². The lowest BCUT2D eigenvalue weighted by Gasteiger charge is -2.19. The molecule has 0 aromatic heterocycles. The van der Waals surface area contributed by atoms with Crippen molar-refractivity contribution in [3.8, 4) is 0 Å². The van der Waals surface area contributed by atoms with Gasteiger partial charge in [0.05, 0.1) is 0 Å². The smallest absolute Gasteiger partial charge is 0.242 e. The predicted octanol–water partition coefficient (Wildman–Crippen LogP) is 2.88. The molecule has 2 aromatic carbocycles. The number of amides is 2. The van der Waals surface area contributed by atoms with E-state index >= 15 is 0 Å². The minimum absolute atomic E-state index is 0.102. The summed E-state index contributed by atoms with van der Waals surface area (Å²) >= 11 is 0. The summed E-state index contributed by atoms with van der Waals surface area (Å²) in [6.07, 6.45) is 1.44. The van der Waals surface area contributed by atoms with Gasteiger partial charge in [-0.3, -0.25) is 9.59 Å². The number of carbonyl (C=O) groups excluding carboxylic acids is 2. The van der Waals surface area contributed by atoms with E-state index in [2.05, 4.69) is 10.6 Å². The minimum atomic E-state index is -0.474. The Kier molecular flexibility index (Phi) is 5.61. The van der Waals surface area contributed by atoms with Gasteiger partial charge < -0.3 is 10.6 Å². The molecule has 1 atom stereocenters. The number of hydrogen-bond acceptors (Lipinski definition) is 2. The summed E-state index contributed by atoms with van der Waals surface area (Å²) in [6.45, 7) is 0.393. The zero-order chi connectivity index (χ0) is 18.5. The lowest BCUT2D eigenvalue weighted by atomic mass is 9.88. The maximum atomic E-state index is 13.2. The van der Waals surface area contributed by atoms with Crippen LogP contribution in [0.25, 0.3) is 0 Å². The second-order valence-electron chi connectivity index (χ2n) is 6.39. The van der Waals surface area contributed by atoms with Gasteiger partial charge in [-0.05, 0) is 48.2 Å². The molecule has 1 fully saturated rings. The largest absolute Gasteiger partial charge is 0.354 e. The Balaban J connectivity index is 1.67. The molecule has 2 N–H and O–H groups in total. The molecular formula is C20H20F2N2O2. The first kappa shape index (κ1) is 18.0. The Morgan fingerprint density at radius 1 is 1.04 bits per heavy atom. The van der Waals surface area contributed by atoms with Crippen molar-refractivity contribution in [2.75, 3.05) is 6.54 Å². The lowest BCUT2D eigenvalue weighted by molar-refractivity contribution is -0.125. The SMILES string of the molecule is O=C1CCC(C(=O)NCCC(c2ccc(F)cc2)c2ccc(F)cc2)N1. The van der Waals surface area contributed by atoms with Crippen molar-refractivity contribution in [2.24, 2.45) is 0 Å². The molecule has 3 rings (SSSR count). The molecule has 2 amide bonds. The molecule has 1 saturated heterocycles. The van der Waals surface area contributed by atoms with Gasteiger partial charge in [0.25, 0.3) is 0 Å². The Morgan fingerprint density at radius 3 is 2.04 bits per heavy atom. The number of carbonyl (C=O) groups is 2. The highest BCUT2D eigenvalue weighted by Crippen LogP contribution is 2.28. The normalized spacial score (nSPS) is 16.6. The average Bonchev–Trinajstić information content (AvgIpc) is 3.07. The second kappa shape index (κ2) is 8.08. The van der Waals surface area contributed by atoms with E-state index in [9.17, 15) is 18.4 Å². The van der Waals surface area contributed by atoms with Crippen LogP contribution >= 0.6 is 0 Å². The van der Waals surface area contributed by atoms with Crippen LogP contribution in [0.3, 0.4) is 0 Å². The Morgan fingerprint density at radius 2 is 1.58 bits per heavy atom. The summed E-state index contributed by atoms with van der Waals surface area (Å²) in [5.74, 6) is -1.06. The first-order valence-electron chi connectivity index (χ1n) is 8.61. The van der Waals surface area contributed by atoms with Crippen LogP contribution in [-0.2, 0) is 9.59 Å². The monoisotopic (exact) mass is 358 g/mol. The molecule has 0 spiro atoms. The fourth-order valence-corrected chi connectivity index (χ4v) is 3.19. The van der Waals surface area contributed by atoms with Gasteiger partial charge >= 0.3 is 0 Å². The first-order valence-corrected chi connectivity index (χ1v) is 8.61. The van der Waals surface area contributed by atoms with E-state index in [4.69, 9.17) is 0 Å². The molecule has 0 radical (unpaired) electrons. The van der Waals surface area contributed by atoms with E-state index in [-0.39, 0.29) is 29.4 Å². The number of nitrogens with one attached hydrogen (secondary N) is 2. The van der Waals surface area contributed by atoms with Crippen LogP contribution in [0.2, 0.25) is 0 Å². The van der Waals surface area contributed by atoms with Crippen molar-refractivity contribution in [3.63, 3.8) is 0 Å². The lowest BCUT2D eigenvalue weighted by Crippen LogP contribution is -2.42. The predicted molar refractivity (Wildman–Crippen MR) is 93.4 cm³/mol. The molecule has 1 heterocycles. The zero-order valence-corrected chi connectivity index (χ0v) is 14.2. The minimum Gasteiger partial charge on any atom is -0.354 e. The summed E-state index contributed by atoms with van der Waals surface area (Å²) in [7, 11) is 0. The first-order chi connectivity index (χ1) is 12.5. The van der Waals surface area contributed by atoms with Gasteiger partial charge in [-0.1, -0.05) is 24.3 Å². The van der Waals surface area contributed by atoms with E-state index in [0.717, 1.165) is 11.1 Å². The Hall–Kier alpha value is -2.76. The van der Waals surface area contributed by atoms with Crippen LogP contribution in [0.15, 0.2) is 48.5 Å². The van der Waals surface area contributed by atoms with Gasteiger partial charge in [0.2, 0.25) is 11.8 Å². The number of benzene rings is 2. The molecule has 6 heteroatoms. The van der Waals surface area contributed by atoms with Crippen LogP contribution < -0.4 is 10.6 Å². The zero-order valence-electron chi connectivity index (χ0n) is 14.2. The molecule has 2 aromatic rings. The maximum Gasteiger partial charge on any atom is 0.242 e. The fraction of sp³-hybridized carbons (Fsp3) is 0.300. The van der Waals surface area contributed by atoms with Gasteiger partial charge in [-0.25, -0.2) is 8.78 Å². The third-order valence-corrected chi connectivity index (χ3v) is 4.59. The van der Waals surface area contributed by atoms with Crippen LogP contribution in [-0.4, -0.2) is 24.4 Å². The maximum absolute atomic E-state index is 13.2. The van der Waals surface area contributed by atoms with E-state index in [1.807, 2.05) is 0 Å². The van der Waals surface area contributed by atoms with E-state index in [1.165, 1.54) is 24.3 Å². The summed E-state index contributed by atoms with van der Waals surface area (Å²) < 4.78 is 26.5. The summed E-state index contributed by atoms with van der Waals surface area (Å²) in [4.78, 5) is 23.3. The highest BCUT2D eigenvalue weighted by molar-refractivity contribution is 5.90. The van der Waals surface area contributed by atoms with Gasteiger partial charge in [0, 0.05) is 18.9 Å². The third kappa shape index (κ3) is 4.45. The van der Waals surface area contributed by atoms with Crippen molar-refractivity contribution < 1.29 is 18.4 Å². The molecule has 1 aliphatic rings. The van der Waals surface area contributed by atoms with Crippen molar-refractivity contribution in [1.82, 2.24) is 10.6 Å². The Bertz CT molecular complexity index is 730. The van der Waals surface area contributed by atoms with E-state index < -0.39 is 6.04 Å². The van der Waals surface area contributed by atoms with Crippen molar-refractivity contribution >= 4 is 11.8 Å². The van der Waals surface area contributed by atoms with Crippen LogP contribution in [0, 0.1) is 11.6 Å². The number of rotatable bonds is 6. The molecule has 0 saturated carbocycles. The van der Waals surface area contributed by atoms with Gasteiger partial charge in [0.15, 0.2) is 0 Å². The van der Waals surface area contributed by atoms with E-state index in [0.29, 0.717) is 25.8 Å². The Labute approximate surface area is 150 Å². The molecule has 0 aliphatic carbocycles. The van der Waals surface area contributed by atoms with Gasteiger partial charge in [0.1, 0.15) is 17.7 Å². The third-order valence-electron chi connectivity index (χ3n) is 4.59. The topological polar surface area (TPSA) is 58.2 Å². The second-order valence-corrected chi connectivity index (χ2v) is 6.39. The highest BCUT2D eigenvalue weighted by atomic mass is 19.1. The molecular weight excluding hydrogens is 338 g/mol. The number of halogens is 2. The van der Waals surface area contributed by atoms with Crippen molar-refractivity contribution in [1.29, 1.82) is 0 Å². The number of hydrogen-bond donors (Lipinski definition) is 2. The van der Waals surface area contributed by atoms with Gasteiger partial charge in [-0.15, -0.1) is 0 Å². The molecule has 0 bridgehead atoms. The molecule has 26 heavy (non-hydrogen) atoms. The highest BCUT2D eigenvalue weighted by Gasteiger charge is 2.27. The summed E-state index contributed by atoms with van der Waals surface area (Å²) in [5, 5.41) is 5.47. The van der Waals surface area contributed by atoms with Crippen LogP contribution in [0.4, 0.5) is 8.78 Å². The fourth-order valence-electron chi connectivity index (χ4n) is 3.19.